The largest absolute Gasteiger partial charge is 0.477 e. The number of carboxylic acid groups (broad SMARTS) is 1. The second-order valence-electron chi connectivity index (χ2n) is 19.9. The van der Waals surface area contributed by atoms with Gasteiger partial charge < -0.3 is 28.5 Å². The molecule has 0 saturated carbocycles. The van der Waals surface area contributed by atoms with Crippen LogP contribution in [0, 0.1) is 0 Å². The number of unbranched alkanes of at least 4 members (excludes halogenated alkanes) is 28. The molecule has 2 atom stereocenters. The summed E-state index contributed by atoms with van der Waals surface area (Å²) in [6, 6.07) is 0. The molecule has 0 rings (SSSR count). The zero-order chi connectivity index (χ0) is 49.2. The van der Waals surface area contributed by atoms with Crippen LogP contribution in [0.5, 0.6) is 0 Å². The maximum Gasteiger partial charge on any atom is 0.361 e. The van der Waals surface area contributed by atoms with E-state index in [0.717, 1.165) is 64.2 Å². The van der Waals surface area contributed by atoms with Gasteiger partial charge in [0.15, 0.2) is 6.10 Å². The third-order valence-electron chi connectivity index (χ3n) is 12.1. The lowest BCUT2D eigenvalue weighted by molar-refractivity contribution is -0.870. The number of allylic oxidation sites excluding steroid dienone is 8. The van der Waals surface area contributed by atoms with Crippen molar-refractivity contribution in [3.8, 4) is 0 Å². The molecule has 0 aromatic rings. The van der Waals surface area contributed by atoms with E-state index in [0.29, 0.717) is 17.4 Å². The van der Waals surface area contributed by atoms with Gasteiger partial charge in [-0.05, 0) is 51.4 Å². The Hall–Kier alpha value is -2.75. The first-order valence-corrected chi connectivity index (χ1v) is 27.8. The number of aliphatic carboxylic acids is 1. The van der Waals surface area contributed by atoms with Gasteiger partial charge in [0.2, 0.25) is 0 Å². The third kappa shape index (κ3) is 50.9. The number of hydrogen-bond donors (Lipinski definition) is 1. The summed E-state index contributed by atoms with van der Waals surface area (Å²) in [4.78, 5) is 37.3. The van der Waals surface area contributed by atoms with E-state index in [9.17, 15) is 19.5 Å². The molecule has 9 nitrogen and oxygen atoms in total. The molecule has 0 aliphatic carbocycles. The van der Waals surface area contributed by atoms with Gasteiger partial charge in [-0.25, -0.2) is 4.79 Å². The Labute approximate surface area is 412 Å². The second kappa shape index (κ2) is 49.7. The van der Waals surface area contributed by atoms with Crippen LogP contribution in [0.15, 0.2) is 48.6 Å². The van der Waals surface area contributed by atoms with E-state index in [1.165, 1.54) is 154 Å². The fourth-order valence-corrected chi connectivity index (χ4v) is 7.83. The monoisotopic (exact) mass is 945 g/mol. The highest BCUT2D eigenvalue weighted by atomic mass is 16.7. The van der Waals surface area contributed by atoms with Crippen LogP contribution in [0.1, 0.15) is 245 Å². The number of esters is 2. The maximum absolute atomic E-state index is 12.9. The minimum absolute atomic E-state index is 0.179. The summed E-state index contributed by atoms with van der Waals surface area (Å²) < 4.78 is 22.9. The predicted molar refractivity (Wildman–Crippen MR) is 281 cm³/mol. The van der Waals surface area contributed by atoms with Crippen molar-refractivity contribution in [3.63, 3.8) is 0 Å². The molecule has 67 heavy (non-hydrogen) atoms. The lowest BCUT2D eigenvalue weighted by Gasteiger charge is -2.25. The highest BCUT2D eigenvalue weighted by Gasteiger charge is 2.25. The fraction of sp³-hybridized carbons (Fsp3) is 0.810. The van der Waals surface area contributed by atoms with Crippen molar-refractivity contribution in [1.29, 1.82) is 0 Å². The Balaban J connectivity index is 4.21. The molecule has 0 radical (unpaired) electrons. The van der Waals surface area contributed by atoms with Gasteiger partial charge in [-0.1, -0.05) is 229 Å². The van der Waals surface area contributed by atoms with Crippen LogP contribution in [0.2, 0.25) is 0 Å². The van der Waals surface area contributed by atoms with Crippen LogP contribution in [0.3, 0.4) is 0 Å². The summed E-state index contributed by atoms with van der Waals surface area (Å²) in [6.07, 6.45) is 57.5. The number of ether oxygens (including phenoxy) is 4. The summed E-state index contributed by atoms with van der Waals surface area (Å²) in [5.41, 5.74) is 0. The van der Waals surface area contributed by atoms with Gasteiger partial charge in [0.25, 0.3) is 6.29 Å². The molecule has 2 unspecified atom stereocenters. The molecular weight excluding hydrogens is 839 g/mol. The number of likely N-dealkylation sites (N-methyl/N-ethyl adjacent to an activating group) is 1. The zero-order valence-electron chi connectivity index (χ0n) is 44.3. The molecule has 0 bridgehead atoms. The molecule has 9 heteroatoms. The molecule has 1 N–H and O–H groups in total. The van der Waals surface area contributed by atoms with Gasteiger partial charge in [0.1, 0.15) is 13.2 Å². The molecule has 0 spiro atoms. The Bertz CT molecular complexity index is 1240. The van der Waals surface area contributed by atoms with Gasteiger partial charge in [-0.3, -0.25) is 9.59 Å². The highest BCUT2D eigenvalue weighted by molar-refractivity contribution is 5.71. The topological polar surface area (TPSA) is 108 Å². The second-order valence-corrected chi connectivity index (χ2v) is 19.9. The standard InChI is InChI=1S/C58H105NO8/c1-6-8-10-12-14-16-18-20-22-23-24-25-26-27-28-29-30-31-32-33-35-37-39-41-43-45-47-49-56(61)67-54(53-66-58(57(62)63)64-51-50-59(3,4)5)52-65-55(60)48-46-44-42-40-38-36-34-21-19-17-15-13-11-9-7-2/h8,10,14,16,20,22,24-25,54,58H,6-7,9,11-13,15,17-19,21,23,26-53H2,1-5H3/p+1/b10-8-,16-14-,22-20-,25-24-. The number of carbonyl (C=O) groups is 3. The molecule has 0 aromatic heterocycles. The van der Waals surface area contributed by atoms with Crippen LogP contribution in [-0.2, 0) is 33.3 Å². The first-order chi connectivity index (χ1) is 32.6. The summed E-state index contributed by atoms with van der Waals surface area (Å²) in [6.45, 7) is 4.79. The van der Waals surface area contributed by atoms with Crippen LogP contribution < -0.4 is 0 Å². The summed E-state index contributed by atoms with van der Waals surface area (Å²) in [7, 11) is 5.97. The minimum Gasteiger partial charge on any atom is -0.477 e. The van der Waals surface area contributed by atoms with Crippen LogP contribution >= 0.6 is 0 Å². The lowest BCUT2D eigenvalue weighted by Crippen LogP contribution is -2.40. The van der Waals surface area contributed by atoms with Crippen molar-refractivity contribution in [2.75, 3.05) is 47.5 Å². The Kier molecular flexibility index (Phi) is 47.6. The van der Waals surface area contributed by atoms with Crippen molar-refractivity contribution in [3.05, 3.63) is 48.6 Å². The molecule has 0 fully saturated rings. The molecule has 0 saturated heterocycles. The SMILES string of the molecule is CC/C=C\C/C=C\C/C=C\C/C=C\CCCCCCCCCCCCCCCCC(=O)OC(COC(=O)CCCCCCCCCCCCCCCCC)COC(OCC[N+](C)(C)C)C(=O)O. The minimum atomic E-state index is -1.51. The highest BCUT2D eigenvalue weighted by Crippen LogP contribution is 2.16. The molecule has 0 aliphatic rings. The van der Waals surface area contributed by atoms with E-state index < -0.39 is 24.3 Å². The normalized spacial score (nSPS) is 13.1. The van der Waals surface area contributed by atoms with Gasteiger partial charge >= 0.3 is 17.9 Å². The molecule has 0 aliphatic heterocycles. The Morgan fingerprint density at radius 1 is 0.463 bits per heavy atom. The number of hydrogen-bond acceptors (Lipinski definition) is 7. The van der Waals surface area contributed by atoms with E-state index in [4.69, 9.17) is 18.9 Å². The number of rotatable bonds is 51. The van der Waals surface area contributed by atoms with Crippen LogP contribution in [0.25, 0.3) is 0 Å². The van der Waals surface area contributed by atoms with E-state index in [-0.39, 0.29) is 32.2 Å². The summed E-state index contributed by atoms with van der Waals surface area (Å²) in [5, 5.41) is 9.68. The molecule has 0 aromatic carbocycles. The fourth-order valence-electron chi connectivity index (χ4n) is 7.83. The summed E-state index contributed by atoms with van der Waals surface area (Å²) in [5.74, 6) is -1.99. The zero-order valence-corrected chi connectivity index (χ0v) is 44.3. The van der Waals surface area contributed by atoms with Gasteiger partial charge in [0, 0.05) is 12.8 Å². The van der Waals surface area contributed by atoms with Gasteiger partial charge in [0.05, 0.1) is 34.4 Å². The smallest absolute Gasteiger partial charge is 0.361 e. The predicted octanol–water partition coefficient (Wildman–Crippen LogP) is 15.9. The van der Waals surface area contributed by atoms with E-state index in [1.807, 2.05) is 21.1 Å². The van der Waals surface area contributed by atoms with Crippen molar-refractivity contribution in [2.24, 2.45) is 0 Å². The third-order valence-corrected chi connectivity index (χ3v) is 12.1. The lowest BCUT2D eigenvalue weighted by atomic mass is 10.0. The van der Waals surface area contributed by atoms with Gasteiger partial charge in [-0.15, -0.1) is 0 Å². The number of carbonyl (C=O) groups excluding carboxylic acids is 2. The number of nitrogens with zero attached hydrogens (tertiary/aromatic N) is 1. The Morgan fingerprint density at radius 2 is 0.851 bits per heavy atom. The van der Waals surface area contributed by atoms with Crippen molar-refractivity contribution >= 4 is 17.9 Å². The van der Waals surface area contributed by atoms with E-state index in [2.05, 4.69) is 62.5 Å². The number of carboxylic acids is 1. The van der Waals surface area contributed by atoms with Crippen LogP contribution in [-0.4, -0.2) is 87.4 Å². The van der Waals surface area contributed by atoms with E-state index in [1.54, 1.807) is 0 Å². The van der Waals surface area contributed by atoms with Crippen molar-refractivity contribution in [1.82, 2.24) is 0 Å². The average molecular weight is 945 g/mol. The van der Waals surface area contributed by atoms with Crippen LogP contribution in [0.4, 0.5) is 0 Å². The average Bonchev–Trinajstić information content (AvgIpc) is 3.29. The first kappa shape index (κ1) is 64.2. The Morgan fingerprint density at radius 3 is 1.27 bits per heavy atom. The number of quaternary nitrogens is 1. The summed E-state index contributed by atoms with van der Waals surface area (Å²) >= 11 is 0. The van der Waals surface area contributed by atoms with Crippen molar-refractivity contribution < 1.29 is 42.9 Å². The molecule has 390 valence electrons. The van der Waals surface area contributed by atoms with E-state index >= 15 is 0 Å². The van der Waals surface area contributed by atoms with Gasteiger partial charge in [-0.2, -0.15) is 0 Å². The molecular formula is C58H106NO8+. The van der Waals surface area contributed by atoms with Crippen molar-refractivity contribution in [2.45, 2.75) is 257 Å². The molecule has 0 amide bonds. The first-order valence-electron chi connectivity index (χ1n) is 27.8. The maximum atomic E-state index is 12.9. The molecule has 0 heterocycles. The quantitative estimate of drug-likeness (QED) is 0.0211.